The molecule has 0 fully saturated rings. The normalized spacial score (nSPS) is 10.2. The first-order chi connectivity index (χ1) is 9.00. The van der Waals surface area contributed by atoms with Gasteiger partial charge < -0.3 is 10.4 Å². The van der Waals surface area contributed by atoms with Crippen molar-refractivity contribution in [2.75, 3.05) is 6.54 Å². The van der Waals surface area contributed by atoms with Crippen molar-refractivity contribution in [3.05, 3.63) is 35.4 Å². The van der Waals surface area contributed by atoms with Crippen LogP contribution in [0.3, 0.4) is 0 Å². The van der Waals surface area contributed by atoms with Crippen molar-refractivity contribution in [2.45, 2.75) is 25.7 Å². The highest BCUT2D eigenvalue weighted by Crippen LogP contribution is 2.08. The van der Waals surface area contributed by atoms with Crippen molar-refractivity contribution in [1.29, 1.82) is 0 Å². The molecule has 1 aromatic rings. The molecule has 0 aliphatic carbocycles. The number of carbonyl (C=O) groups is 2. The second-order valence-electron chi connectivity index (χ2n) is 4.09. The maximum absolute atomic E-state index is 12.9. The molecular formula is C13H15F2NO3. The van der Waals surface area contributed by atoms with Crippen molar-refractivity contribution >= 4 is 11.9 Å². The molecule has 6 heteroatoms. The van der Waals surface area contributed by atoms with E-state index in [9.17, 15) is 18.4 Å². The van der Waals surface area contributed by atoms with Gasteiger partial charge in [-0.3, -0.25) is 9.59 Å². The summed E-state index contributed by atoms with van der Waals surface area (Å²) in [5, 5.41) is 11.0. The molecule has 19 heavy (non-hydrogen) atoms. The molecule has 0 unspecified atom stereocenters. The van der Waals surface area contributed by atoms with E-state index in [1.54, 1.807) is 0 Å². The quantitative estimate of drug-likeness (QED) is 0.748. The van der Waals surface area contributed by atoms with Crippen LogP contribution in [0, 0.1) is 11.6 Å². The molecule has 0 aliphatic heterocycles. The highest BCUT2D eigenvalue weighted by Gasteiger charge is 2.08. The smallest absolute Gasteiger partial charge is 0.303 e. The predicted molar refractivity (Wildman–Crippen MR) is 64.8 cm³/mol. The summed E-state index contributed by atoms with van der Waals surface area (Å²) >= 11 is 0. The predicted octanol–water partition coefficient (Wildman–Crippen LogP) is 2.34. The minimum Gasteiger partial charge on any atom is -0.481 e. The van der Waals surface area contributed by atoms with Crippen LogP contribution in [0.5, 0.6) is 0 Å². The van der Waals surface area contributed by atoms with Crippen molar-refractivity contribution < 1.29 is 23.5 Å². The Bertz CT molecular complexity index is 463. The van der Waals surface area contributed by atoms with Crippen LogP contribution in [-0.2, 0) is 4.79 Å². The summed E-state index contributed by atoms with van der Waals surface area (Å²) in [7, 11) is 0. The fourth-order valence-corrected chi connectivity index (χ4v) is 1.52. The summed E-state index contributed by atoms with van der Waals surface area (Å²) in [5.41, 5.74) is 0.0597. The van der Waals surface area contributed by atoms with Crippen LogP contribution in [0.1, 0.15) is 36.0 Å². The number of carbonyl (C=O) groups excluding carboxylic acids is 1. The number of nitrogens with one attached hydrogen (secondary N) is 1. The van der Waals surface area contributed by atoms with E-state index in [0.717, 1.165) is 12.1 Å². The molecule has 0 aromatic heterocycles. The molecule has 0 heterocycles. The van der Waals surface area contributed by atoms with Gasteiger partial charge in [0.1, 0.15) is 0 Å². The first kappa shape index (κ1) is 15.1. The van der Waals surface area contributed by atoms with E-state index < -0.39 is 23.5 Å². The number of halogens is 2. The number of aliphatic carboxylic acids is 1. The molecule has 0 saturated heterocycles. The van der Waals surface area contributed by atoms with E-state index in [2.05, 4.69) is 5.32 Å². The molecule has 0 atom stereocenters. The second kappa shape index (κ2) is 7.45. The van der Waals surface area contributed by atoms with Crippen LogP contribution in [0.25, 0.3) is 0 Å². The SMILES string of the molecule is O=C(O)CCCCCNC(=O)c1ccc(F)c(F)c1. The molecule has 4 nitrogen and oxygen atoms in total. The summed E-state index contributed by atoms with van der Waals surface area (Å²) < 4.78 is 25.6. The Hall–Kier alpha value is -1.98. The third-order valence-corrected chi connectivity index (χ3v) is 2.53. The van der Waals surface area contributed by atoms with Crippen molar-refractivity contribution in [2.24, 2.45) is 0 Å². The van der Waals surface area contributed by atoms with Gasteiger partial charge in [-0.25, -0.2) is 8.78 Å². The zero-order valence-electron chi connectivity index (χ0n) is 10.3. The summed E-state index contributed by atoms with van der Waals surface area (Å²) in [4.78, 5) is 21.8. The van der Waals surface area contributed by atoms with Gasteiger partial charge in [-0.2, -0.15) is 0 Å². The molecule has 1 aromatic carbocycles. The highest BCUT2D eigenvalue weighted by atomic mass is 19.2. The average Bonchev–Trinajstić information content (AvgIpc) is 2.36. The minimum atomic E-state index is -1.06. The summed E-state index contributed by atoms with van der Waals surface area (Å²) in [6.45, 7) is 0.372. The number of amides is 1. The number of hydrogen-bond acceptors (Lipinski definition) is 2. The molecular weight excluding hydrogens is 256 g/mol. The number of hydrogen-bond donors (Lipinski definition) is 2. The zero-order chi connectivity index (χ0) is 14.3. The first-order valence-corrected chi connectivity index (χ1v) is 5.95. The zero-order valence-corrected chi connectivity index (χ0v) is 10.3. The third-order valence-electron chi connectivity index (χ3n) is 2.53. The van der Waals surface area contributed by atoms with Gasteiger partial charge in [0, 0.05) is 18.5 Å². The Morgan fingerprint density at radius 1 is 1.11 bits per heavy atom. The van der Waals surface area contributed by atoms with Crippen LogP contribution in [0.15, 0.2) is 18.2 Å². The maximum atomic E-state index is 12.9. The van der Waals surface area contributed by atoms with Crippen LogP contribution in [-0.4, -0.2) is 23.5 Å². The lowest BCUT2D eigenvalue weighted by Crippen LogP contribution is -2.24. The summed E-state index contributed by atoms with van der Waals surface area (Å²) in [5.74, 6) is -3.37. The van der Waals surface area contributed by atoms with Crippen LogP contribution < -0.4 is 5.32 Å². The van der Waals surface area contributed by atoms with Crippen molar-refractivity contribution in [3.63, 3.8) is 0 Å². The minimum absolute atomic E-state index is 0.0597. The Morgan fingerprint density at radius 2 is 1.84 bits per heavy atom. The third kappa shape index (κ3) is 5.46. The average molecular weight is 271 g/mol. The topological polar surface area (TPSA) is 66.4 Å². The molecule has 0 saturated carbocycles. The molecule has 104 valence electrons. The van der Waals surface area contributed by atoms with Crippen LogP contribution in [0.4, 0.5) is 8.78 Å². The van der Waals surface area contributed by atoms with E-state index in [-0.39, 0.29) is 12.0 Å². The Morgan fingerprint density at radius 3 is 2.47 bits per heavy atom. The van der Waals surface area contributed by atoms with Crippen LogP contribution >= 0.6 is 0 Å². The van der Waals surface area contributed by atoms with E-state index in [1.165, 1.54) is 6.07 Å². The molecule has 0 spiro atoms. The molecule has 1 amide bonds. The Balaban J connectivity index is 2.27. The number of carboxylic acids is 1. The lowest BCUT2D eigenvalue weighted by atomic mass is 10.1. The van der Waals surface area contributed by atoms with Gasteiger partial charge >= 0.3 is 5.97 Å². The van der Waals surface area contributed by atoms with Gasteiger partial charge in [0.25, 0.3) is 5.91 Å². The maximum Gasteiger partial charge on any atom is 0.303 e. The fourth-order valence-electron chi connectivity index (χ4n) is 1.52. The fraction of sp³-hybridized carbons (Fsp3) is 0.385. The van der Waals surface area contributed by atoms with Gasteiger partial charge in [-0.1, -0.05) is 6.42 Å². The number of rotatable bonds is 7. The van der Waals surface area contributed by atoms with Gasteiger partial charge in [-0.05, 0) is 31.0 Å². The highest BCUT2D eigenvalue weighted by molar-refractivity contribution is 5.94. The van der Waals surface area contributed by atoms with Gasteiger partial charge in [0.2, 0.25) is 0 Å². The number of carboxylic acid groups (broad SMARTS) is 1. The molecule has 0 aliphatic rings. The van der Waals surface area contributed by atoms with E-state index in [4.69, 9.17) is 5.11 Å². The Labute approximate surface area is 109 Å². The second-order valence-corrected chi connectivity index (χ2v) is 4.09. The molecule has 1 rings (SSSR count). The lowest BCUT2D eigenvalue weighted by Gasteiger charge is -2.05. The molecule has 2 N–H and O–H groups in total. The largest absolute Gasteiger partial charge is 0.481 e. The van der Waals surface area contributed by atoms with Crippen molar-refractivity contribution in [3.8, 4) is 0 Å². The molecule has 0 radical (unpaired) electrons. The summed E-state index contributed by atoms with van der Waals surface area (Å²) in [6, 6.07) is 2.95. The van der Waals surface area contributed by atoms with Gasteiger partial charge in [0.15, 0.2) is 11.6 Å². The van der Waals surface area contributed by atoms with Gasteiger partial charge in [-0.15, -0.1) is 0 Å². The standard InChI is InChI=1S/C13H15F2NO3/c14-10-6-5-9(8-11(10)15)13(19)16-7-3-1-2-4-12(17)18/h5-6,8H,1-4,7H2,(H,16,19)(H,17,18). The monoisotopic (exact) mass is 271 g/mol. The number of unbranched alkanes of at least 4 members (excludes halogenated alkanes) is 2. The van der Waals surface area contributed by atoms with Crippen LogP contribution in [0.2, 0.25) is 0 Å². The summed E-state index contributed by atoms with van der Waals surface area (Å²) in [6.07, 6.45) is 1.99. The Kier molecular flexibility index (Phi) is 5.92. The van der Waals surface area contributed by atoms with E-state index in [0.29, 0.717) is 25.8 Å². The van der Waals surface area contributed by atoms with E-state index >= 15 is 0 Å². The van der Waals surface area contributed by atoms with E-state index in [1.807, 2.05) is 0 Å². The molecule has 0 bridgehead atoms. The lowest BCUT2D eigenvalue weighted by molar-refractivity contribution is -0.137. The van der Waals surface area contributed by atoms with Crippen molar-refractivity contribution in [1.82, 2.24) is 5.32 Å². The number of benzene rings is 1. The first-order valence-electron chi connectivity index (χ1n) is 5.95. The van der Waals surface area contributed by atoms with Gasteiger partial charge in [0.05, 0.1) is 0 Å².